The van der Waals surface area contributed by atoms with Gasteiger partial charge in [-0.25, -0.2) is 4.39 Å². The summed E-state index contributed by atoms with van der Waals surface area (Å²) in [5.74, 6) is -5.17. The fourth-order valence-electron chi connectivity index (χ4n) is 9.67. The molecule has 2 saturated carbocycles. The van der Waals surface area contributed by atoms with E-state index in [1.165, 1.54) is 36.3 Å². The molecule has 3 aromatic rings. The third kappa shape index (κ3) is 5.20. The molecule has 264 valence electrons. The average molecular weight is 824 g/mol. The first-order valence-electron chi connectivity index (χ1n) is 17.4. The molecule has 2 N–H and O–H groups in total. The van der Waals surface area contributed by atoms with Gasteiger partial charge in [-0.2, -0.15) is 5.01 Å². The molecule has 0 unspecified atom stereocenters. The van der Waals surface area contributed by atoms with Crippen LogP contribution < -0.4 is 10.2 Å². The molecule has 3 aliphatic carbocycles. The minimum absolute atomic E-state index is 0.0582. The Hall–Kier alpha value is -3.97. The number of imide groups is 2. The molecule has 6 atom stereocenters. The maximum absolute atomic E-state index is 15.3. The minimum atomic E-state index is -1.52. The minimum Gasteiger partial charge on any atom is -0.504 e. The number of phenols is 1. The molecule has 2 heterocycles. The van der Waals surface area contributed by atoms with Crippen LogP contribution in [-0.4, -0.2) is 51.8 Å². The fourth-order valence-corrected chi connectivity index (χ4v) is 10.4. The van der Waals surface area contributed by atoms with Crippen LogP contribution in [0.15, 0.2) is 72.3 Å². The van der Waals surface area contributed by atoms with Crippen LogP contribution in [0, 0.1) is 33.1 Å². The first kappa shape index (κ1) is 34.1. The molecule has 4 fully saturated rings. The predicted octanol–water partition coefficient (Wildman–Crippen LogP) is 7.12. The standard InChI is InChI=1S/C39H36ClFIN3O6/c1-51-31-18-20(17-30(42)34(31)46)33-26-15-16-27-32(37(49)44(35(27)47)25-5-3-2-4-6-25)28(26)19-29-36(48)45(43-24-13-11-23(41)12-14-24)38(50)39(29,33)21-7-9-22(40)10-8-21/h7-15,17-18,25,27-29,32-33,43,46H,2-6,16,19H2,1H3/t27-,28+,29-,32-,33-,39+/m0/s1. The van der Waals surface area contributed by atoms with E-state index in [4.69, 9.17) is 16.3 Å². The summed E-state index contributed by atoms with van der Waals surface area (Å²) in [6, 6.07) is 15.6. The Morgan fingerprint density at radius 1 is 0.941 bits per heavy atom. The summed E-state index contributed by atoms with van der Waals surface area (Å²) in [5.41, 5.74) is 3.77. The van der Waals surface area contributed by atoms with Gasteiger partial charge in [-0.05, 0) is 114 Å². The summed E-state index contributed by atoms with van der Waals surface area (Å²) < 4.78 is 20.0. The molecule has 9 nitrogen and oxygen atoms in total. The number of rotatable bonds is 6. The summed E-state index contributed by atoms with van der Waals surface area (Å²) in [5, 5.41) is 12.4. The highest BCUT2D eigenvalue weighted by Crippen LogP contribution is 2.64. The predicted molar refractivity (Wildman–Crippen MR) is 195 cm³/mol. The van der Waals surface area contributed by atoms with Gasteiger partial charge in [0.2, 0.25) is 11.8 Å². The van der Waals surface area contributed by atoms with Crippen LogP contribution in [0.4, 0.5) is 10.1 Å². The summed E-state index contributed by atoms with van der Waals surface area (Å²) in [4.78, 5) is 60.2. The Morgan fingerprint density at radius 2 is 1.65 bits per heavy atom. The van der Waals surface area contributed by atoms with Crippen LogP contribution in [0.5, 0.6) is 11.5 Å². The lowest BCUT2D eigenvalue weighted by atomic mass is 9.49. The van der Waals surface area contributed by atoms with Crippen LogP contribution >= 0.6 is 34.2 Å². The van der Waals surface area contributed by atoms with Crippen molar-refractivity contribution in [3.63, 3.8) is 0 Å². The highest BCUT2D eigenvalue weighted by Gasteiger charge is 2.70. The second-order valence-corrected chi connectivity index (χ2v) is 15.9. The lowest BCUT2D eigenvalue weighted by molar-refractivity contribution is -0.144. The van der Waals surface area contributed by atoms with Gasteiger partial charge < -0.3 is 9.84 Å². The lowest BCUT2D eigenvalue weighted by Gasteiger charge is -2.50. The van der Waals surface area contributed by atoms with Crippen molar-refractivity contribution < 1.29 is 33.4 Å². The van der Waals surface area contributed by atoms with Gasteiger partial charge in [0.15, 0.2) is 11.5 Å². The number of nitrogens with one attached hydrogen (secondary N) is 1. The molecule has 8 rings (SSSR count). The number of carbonyl (C=O) groups excluding carboxylic acids is 4. The van der Waals surface area contributed by atoms with Crippen LogP contribution in [0.1, 0.15) is 62.0 Å². The number of anilines is 1. The number of carbonyl (C=O) groups is 4. The highest BCUT2D eigenvalue weighted by molar-refractivity contribution is 14.1. The second-order valence-electron chi connectivity index (χ2n) is 14.3. The molecule has 0 aromatic heterocycles. The molecule has 5 aliphatic rings. The number of hydrogen-bond donors (Lipinski definition) is 2. The summed E-state index contributed by atoms with van der Waals surface area (Å²) in [6.45, 7) is 0. The molecule has 51 heavy (non-hydrogen) atoms. The smallest absolute Gasteiger partial charge is 0.260 e. The van der Waals surface area contributed by atoms with Crippen LogP contribution in [0.25, 0.3) is 0 Å². The molecule has 3 aromatic carbocycles. The number of likely N-dealkylation sites (tertiary alicyclic amines) is 1. The normalized spacial score (nSPS) is 29.1. The van der Waals surface area contributed by atoms with Gasteiger partial charge in [-0.1, -0.05) is 54.6 Å². The van der Waals surface area contributed by atoms with Crippen molar-refractivity contribution in [3.8, 4) is 11.5 Å². The van der Waals surface area contributed by atoms with Crippen molar-refractivity contribution in [2.75, 3.05) is 12.5 Å². The Balaban J connectivity index is 1.33. The van der Waals surface area contributed by atoms with Crippen molar-refractivity contribution in [1.82, 2.24) is 9.91 Å². The number of hydrazine groups is 1. The maximum Gasteiger partial charge on any atom is 0.260 e. The van der Waals surface area contributed by atoms with Crippen molar-refractivity contribution >= 4 is 63.5 Å². The second kappa shape index (κ2) is 12.9. The molecule has 0 spiro atoms. The van der Waals surface area contributed by atoms with Crippen molar-refractivity contribution in [2.45, 2.75) is 62.3 Å². The average Bonchev–Trinajstić information content (AvgIpc) is 3.51. The van der Waals surface area contributed by atoms with E-state index in [9.17, 15) is 23.9 Å². The number of methoxy groups -OCH3 is 1. The quantitative estimate of drug-likeness (QED) is 0.155. The van der Waals surface area contributed by atoms with Gasteiger partial charge in [0.05, 0.1) is 39.5 Å². The molecule has 0 radical (unpaired) electrons. The number of nitrogens with zero attached hydrogens (tertiary/aromatic N) is 2. The lowest BCUT2D eigenvalue weighted by Crippen LogP contribution is -2.53. The largest absolute Gasteiger partial charge is 0.504 e. The fraction of sp³-hybridized carbons (Fsp3) is 0.385. The number of aromatic hydroxyl groups is 1. The molecule has 2 saturated heterocycles. The van der Waals surface area contributed by atoms with Gasteiger partial charge in [0.1, 0.15) is 5.82 Å². The number of allylic oxidation sites excluding steroid dienone is 2. The molecular weight excluding hydrogens is 788 g/mol. The first-order chi connectivity index (χ1) is 24.6. The maximum atomic E-state index is 15.3. The summed E-state index contributed by atoms with van der Waals surface area (Å²) in [7, 11) is 1.45. The van der Waals surface area contributed by atoms with E-state index in [2.05, 4.69) is 5.43 Å². The number of fused-ring (bicyclic) bond motifs is 4. The zero-order valence-corrected chi connectivity index (χ0v) is 30.7. The van der Waals surface area contributed by atoms with Crippen molar-refractivity contribution in [3.05, 3.63) is 97.8 Å². The van der Waals surface area contributed by atoms with E-state index in [0.717, 1.165) is 42.7 Å². The molecule has 12 heteroatoms. The zero-order chi connectivity index (χ0) is 35.8. The van der Waals surface area contributed by atoms with E-state index < -0.39 is 52.6 Å². The van der Waals surface area contributed by atoms with Crippen LogP contribution in [0.3, 0.4) is 0 Å². The van der Waals surface area contributed by atoms with Crippen LogP contribution in [-0.2, 0) is 24.6 Å². The van der Waals surface area contributed by atoms with Gasteiger partial charge >= 0.3 is 0 Å². The van der Waals surface area contributed by atoms with E-state index in [1.54, 1.807) is 36.4 Å². The van der Waals surface area contributed by atoms with E-state index in [0.29, 0.717) is 31.8 Å². The van der Waals surface area contributed by atoms with E-state index >= 15 is 4.79 Å². The Kier molecular flexibility index (Phi) is 8.64. The van der Waals surface area contributed by atoms with Crippen LogP contribution in [0.2, 0.25) is 5.02 Å². The van der Waals surface area contributed by atoms with Crippen molar-refractivity contribution in [2.24, 2.45) is 23.7 Å². The topological polar surface area (TPSA) is 116 Å². The van der Waals surface area contributed by atoms with E-state index in [-0.39, 0.29) is 35.8 Å². The number of phenolic OH excluding ortho intramolecular Hbond substituents is 1. The zero-order valence-electron chi connectivity index (χ0n) is 27.8. The Bertz CT molecular complexity index is 1980. The SMILES string of the molecule is COc1cc([C@H]2C3=CC[C@@H]4C(=O)N(C5CCCCC5)C(=O)[C@@H]4[C@@H]3C[C@H]3C(=O)N(Nc4ccc(F)cc4)C(=O)[C@@]23c2ccc(Cl)cc2)cc(I)c1O. The highest BCUT2D eigenvalue weighted by atomic mass is 127. The Labute approximate surface area is 313 Å². The molecule has 0 bridgehead atoms. The molecular formula is C39H36ClFIN3O6. The van der Waals surface area contributed by atoms with Gasteiger partial charge in [0.25, 0.3) is 11.8 Å². The van der Waals surface area contributed by atoms with Gasteiger partial charge in [0, 0.05) is 17.0 Å². The monoisotopic (exact) mass is 823 g/mol. The number of benzene rings is 3. The summed E-state index contributed by atoms with van der Waals surface area (Å²) >= 11 is 8.40. The van der Waals surface area contributed by atoms with Gasteiger partial charge in [-0.15, -0.1) is 0 Å². The number of hydrogen-bond acceptors (Lipinski definition) is 7. The first-order valence-corrected chi connectivity index (χ1v) is 18.8. The third-order valence-electron chi connectivity index (χ3n) is 11.8. The third-order valence-corrected chi connectivity index (χ3v) is 12.9. The molecule has 2 aliphatic heterocycles. The number of halogens is 3. The van der Waals surface area contributed by atoms with Gasteiger partial charge in [-0.3, -0.25) is 29.5 Å². The number of amides is 4. The summed E-state index contributed by atoms with van der Waals surface area (Å²) in [6.07, 6.45) is 7.08. The Morgan fingerprint density at radius 3 is 2.33 bits per heavy atom. The van der Waals surface area contributed by atoms with E-state index in [1.807, 2.05) is 28.7 Å². The number of ether oxygens (including phenoxy) is 1. The van der Waals surface area contributed by atoms with Crippen molar-refractivity contribution in [1.29, 1.82) is 0 Å². The molecule has 4 amide bonds.